The zero-order valence-electron chi connectivity index (χ0n) is 14.3. The Hall–Kier alpha value is -1.67. The summed E-state index contributed by atoms with van der Waals surface area (Å²) in [6.45, 7) is 0. The van der Waals surface area contributed by atoms with Crippen molar-refractivity contribution in [1.82, 2.24) is 0 Å². The molecule has 29 heavy (non-hydrogen) atoms. The van der Waals surface area contributed by atoms with E-state index in [0.29, 0.717) is 0 Å². The second-order valence-electron chi connectivity index (χ2n) is 6.04. The van der Waals surface area contributed by atoms with Crippen molar-refractivity contribution < 1.29 is 23.2 Å². The van der Waals surface area contributed by atoms with Gasteiger partial charge in [-0.3, -0.25) is 4.55 Å². The van der Waals surface area contributed by atoms with Crippen molar-refractivity contribution in [3.05, 3.63) is 91.4 Å². The minimum Gasteiger partial charge on any atom is -0.507 e. The molecule has 0 bridgehead atoms. The largest absolute Gasteiger partial charge is 0.507 e. The second kappa shape index (κ2) is 7.87. The molecule has 0 amide bonds. The van der Waals surface area contributed by atoms with E-state index < -0.39 is 31.9 Å². The van der Waals surface area contributed by atoms with Crippen molar-refractivity contribution >= 4 is 56.5 Å². The molecule has 0 aliphatic rings. The molecule has 0 saturated heterocycles. The summed E-state index contributed by atoms with van der Waals surface area (Å²) in [7, 11) is -5.16. The predicted molar refractivity (Wildman–Crippen MR) is 114 cm³/mol. The van der Waals surface area contributed by atoms with Crippen molar-refractivity contribution in [2.45, 2.75) is 4.75 Å². The minimum atomic E-state index is -5.16. The summed E-state index contributed by atoms with van der Waals surface area (Å²) < 4.78 is 33.9. The molecule has 1 unspecified atom stereocenters. The van der Waals surface area contributed by atoms with Crippen LogP contribution in [0.3, 0.4) is 0 Å². The quantitative estimate of drug-likeness (QED) is 0.239. The van der Waals surface area contributed by atoms with E-state index in [9.17, 15) is 23.2 Å². The SMILES string of the molecule is O=S(=O)(O)C(c1ccccc1)(c1ccc(Cl)c(Cl)c1Cl)c1c(O)ccc(Cl)c1O. The summed E-state index contributed by atoms with van der Waals surface area (Å²) in [4.78, 5) is 0. The normalized spacial score (nSPS) is 13.8. The molecule has 10 heteroatoms. The number of phenolic OH excluding ortho intramolecular Hbond substituents is 2. The Morgan fingerprint density at radius 1 is 0.759 bits per heavy atom. The van der Waals surface area contributed by atoms with E-state index in [1.807, 2.05) is 0 Å². The van der Waals surface area contributed by atoms with E-state index in [1.54, 1.807) is 6.07 Å². The van der Waals surface area contributed by atoms with Crippen LogP contribution in [0.25, 0.3) is 0 Å². The molecule has 0 saturated carbocycles. The number of aromatic hydroxyl groups is 2. The van der Waals surface area contributed by atoms with Crippen LogP contribution >= 0.6 is 46.4 Å². The molecule has 3 rings (SSSR count). The van der Waals surface area contributed by atoms with Gasteiger partial charge in [0.25, 0.3) is 10.1 Å². The first-order chi connectivity index (χ1) is 13.5. The highest BCUT2D eigenvalue weighted by Gasteiger charge is 2.53. The summed E-state index contributed by atoms with van der Waals surface area (Å²) in [6, 6.07) is 12.2. The van der Waals surface area contributed by atoms with Crippen LogP contribution in [0.4, 0.5) is 0 Å². The summed E-state index contributed by atoms with van der Waals surface area (Å²) >= 11 is 24.5. The van der Waals surface area contributed by atoms with Crippen LogP contribution in [0, 0.1) is 0 Å². The average molecular weight is 494 g/mol. The fraction of sp³-hybridized carbons (Fsp3) is 0.0526. The van der Waals surface area contributed by atoms with Crippen molar-refractivity contribution in [1.29, 1.82) is 0 Å². The van der Waals surface area contributed by atoms with Gasteiger partial charge in [0, 0.05) is 5.56 Å². The molecule has 0 aliphatic heterocycles. The molecular formula is C19H12Cl4O5S. The Kier molecular flexibility index (Phi) is 5.98. The maximum absolute atomic E-state index is 13.0. The van der Waals surface area contributed by atoms with Crippen molar-refractivity contribution in [3.63, 3.8) is 0 Å². The van der Waals surface area contributed by atoms with Gasteiger partial charge in [-0.2, -0.15) is 8.42 Å². The molecule has 0 heterocycles. The van der Waals surface area contributed by atoms with Gasteiger partial charge in [0.05, 0.1) is 25.7 Å². The van der Waals surface area contributed by atoms with Crippen LogP contribution in [0.2, 0.25) is 20.1 Å². The predicted octanol–water partition coefficient (Wildman–Crippen LogP) is 5.89. The number of halogens is 4. The van der Waals surface area contributed by atoms with Crippen molar-refractivity contribution in [2.24, 2.45) is 0 Å². The Balaban J connectivity index is 2.67. The summed E-state index contributed by atoms with van der Waals surface area (Å²) in [5.41, 5.74) is -0.857. The Morgan fingerprint density at radius 3 is 1.93 bits per heavy atom. The Labute approximate surface area is 186 Å². The van der Waals surface area contributed by atoms with Crippen LogP contribution in [0.15, 0.2) is 54.6 Å². The molecule has 0 radical (unpaired) electrons. The molecule has 5 nitrogen and oxygen atoms in total. The van der Waals surface area contributed by atoms with Crippen LogP contribution in [-0.2, 0) is 14.9 Å². The van der Waals surface area contributed by atoms with E-state index in [1.165, 1.54) is 42.5 Å². The highest BCUT2D eigenvalue weighted by Crippen LogP contribution is 2.54. The molecule has 152 valence electrons. The molecule has 0 aromatic heterocycles. The first kappa shape index (κ1) is 22.0. The van der Waals surface area contributed by atoms with Gasteiger partial charge in [0.15, 0.2) is 4.75 Å². The van der Waals surface area contributed by atoms with Gasteiger partial charge in [0.1, 0.15) is 11.5 Å². The third-order valence-corrected chi connectivity index (χ3v) is 7.47. The highest BCUT2D eigenvalue weighted by molar-refractivity contribution is 7.87. The van der Waals surface area contributed by atoms with Gasteiger partial charge >= 0.3 is 0 Å². The van der Waals surface area contributed by atoms with Crippen LogP contribution in [0.5, 0.6) is 11.5 Å². The lowest BCUT2D eigenvalue weighted by molar-refractivity contribution is 0.416. The summed E-state index contributed by atoms with van der Waals surface area (Å²) in [5, 5.41) is 20.5. The fourth-order valence-electron chi connectivity index (χ4n) is 3.22. The number of rotatable bonds is 4. The molecule has 1 atom stereocenters. The second-order valence-corrected chi connectivity index (χ2v) is 9.17. The van der Waals surface area contributed by atoms with Gasteiger partial charge in [-0.25, -0.2) is 0 Å². The van der Waals surface area contributed by atoms with E-state index in [2.05, 4.69) is 0 Å². The van der Waals surface area contributed by atoms with Gasteiger partial charge in [0.2, 0.25) is 0 Å². The van der Waals surface area contributed by atoms with Gasteiger partial charge in [-0.15, -0.1) is 0 Å². The third-order valence-electron chi connectivity index (χ3n) is 4.44. The zero-order chi connectivity index (χ0) is 21.6. The molecule has 3 aromatic rings. The minimum absolute atomic E-state index is 0.0318. The first-order valence-electron chi connectivity index (χ1n) is 7.91. The lowest BCUT2D eigenvalue weighted by Crippen LogP contribution is -2.38. The number of benzene rings is 3. The fourth-order valence-corrected chi connectivity index (χ4v) is 5.46. The highest BCUT2D eigenvalue weighted by atomic mass is 35.5. The zero-order valence-corrected chi connectivity index (χ0v) is 18.1. The summed E-state index contributed by atoms with van der Waals surface area (Å²) in [5.74, 6) is -1.40. The Morgan fingerprint density at radius 2 is 1.34 bits per heavy atom. The van der Waals surface area contributed by atoms with Gasteiger partial charge < -0.3 is 10.2 Å². The van der Waals surface area contributed by atoms with Crippen molar-refractivity contribution in [2.75, 3.05) is 0 Å². The Bertz CT molecular complexity index is 1200. The molecular weight excluding hydrogens is 482 g/mol. The van der Waals surface area contributed by atoms with Crippen LogP contribution in [-0.4, -0.2) is 23.2 Å². The average Bonchev–Trinajstić information content (AvgIpc) is 2.67. The van der Waals surface area contributed by atoms with Gasteiger partial charge in [-0.05, 0) is 23.8 Å². The van der Waals surface area contributed by atoms with E-state index in [-0.39, 0.29) is 31.2 Å². The third kappa shape index (κ3) is 3.44. The lowest BCUT2D eigenvalue weighted by atomic mass is 9.82. The summed E-state index contributed by atoms with van der Waals surface area (Å²) in [6.07, 6.45) is 0. The standard InChI is InChI=1S/C19H12Cl4O5S/c20-12-7-6-11(16(22)17(12)23)19(29(26,27)28,10-4-2-1-3-5-10)15-14(24)9-8-13(21)18(15)25/h1-9,24-25H,(H,26,27,28). The van der Waals surface area contributed by atoms with E-state index in [4.69, 9.17) is 46.4 Å². The molecule has 3 aromatic carbocycles. The molecule has 0 fully saturated rings. The number of hydrogen-bond donors (Lipinski definition) is 3. The number of phenols is 2. The van der Waals surface area contributed by atoms with Crippen LogP contribution < -0.4 is 0 Å². The maximum Gasteiger partial charge on any atom is 0.283 e. The van der Waals surface area contributed by atoms with Gasteiger partial charge in [-0.1, -0.05) is 82.8 Å². The van der Waals surface area contributed by atoms with E-state index >= 15 is 0 Å². The van der Waals surface area contributed by atoms with Crippen LogP contribution in [0.1, 0.15) is 16.7 Å². The monoisotopic (exact) mass is 492 g/mol. The smallest absolute Gasteiger partial charge is 0.283 e. The first-order valence-corrected chi connectivity index (χ1v) is 10.9. The molecule has 0 aliphatic carbocycles. The lowest BCUT2D eigenvalue weighted by Gasteiger charge is -2.34. The van der Waals surface area contributed by atoms with E-state index in [0.717, 1.165) is 6.07 Å². The number of hydrogen-bond acceptors (Lipinski definition) is 4. The maximum atomic E-state index is 13.0. The molecule has 0 spiro atoms. The topological polar surface area (TPSA) is 94.8 Å². The van der Waals surface area contributed by atoms with Crippen molar-refractivity contribution in [3.8, 4) is 11.5 Å². The molecule has 3 N–H and O–H groups in total.